The van der Waals surface area contributed by atoms with Gasteiger partial charge in [0.1, 0.15) is 0 Å². The molecule has 0 aromatic heterocycles. The average molecular weight is 260 g/mol. The Morgan fingerprint density at radius 2 is 1.95 bits per heavy atom. The normalized spacial score (nSPS) is 17.2. The monoisotopic (exact) mass is 260 g/mol. The van der Waals surface area contributed by atoms with E-state index in [4.69, 9.17) is 5.73 Å². The van der Waals surface area contributed by atoms with Gasteiger partial charge in [-0.1, -0.05) is 31.5 Å². The van der Waals surface area contributed by atoms with Crippen molar-refractivity contribution < 1.29 is 0 Å². The van der Waals surface area contributed by atoms with Crippen molar-refractivity contribution in [1.82, 2.24) is 0 Å². The van der Waals surface area contributed by atoms with Gasteiger partial charge in [0.2, 0.25) is 0 Å². The summed E-state index contributed by atoms with van der Waals surface area (Å²) in [4.78, 5) is 2.56. The first-order valence-electron chi connectivity index (χ1n) is 7.66. The first kappa shape index (κ1) is 14.4. The maximum Gasteiger partial charge on any atom is 0.0399 e. The summed E-state index contributed by atoms with van der Waals surface area (Å²) in [6.07, 6.45) is 3.64. The van der Waals surface area contributed by atoms with Crippen LogP contribution in [0.5, 0.6) is 0 Å². The summed E-state index contributed by atoms with van der Waals surface area (Å²) in [6.45, 7) is 10.00. The number of aryl methyl sites for hydroxylation is 1. The van der Waals surface area contributed by atoms with E-state index in [1.807, 2.05) is 0 Å². The van der Waals surface area contributed by atoms with E-state index in [-0.39, 0.29) is 0 Å². The Labute approximate surface area is 118 Å². The van der Waals surface area contributed by atoms with Crippen LogP contribution in [0.15, 0.2) is 18.2 Å². The Kier molecular flexibility index (Phi) is 4.87. The quantitative estimate of drug-likeness (QED) is 0.899. The third kappa shape index (κ3) is 3.50. The lowest BCUT2D eigenvalue weighted by molar-refractivity contribution is 0.311. The Morgan fingerprint density at radius 1 is 1.26 bits per heavy atom. The molecule has 0 aliphatic carbocycles. The fraction of sp³-hybridized carbons (Fsp3) is 0.647. The van der Waals surface area contributed by atoms with Gasteiger partial charge in [-0.2, -0.15) is 0 Å². The highest BCUT2D eigenvalue weighted by Gasteiger charge is 2.22. The Balaban J connectivity index is 2.10. The van der Waals surface area contributed by atoms with Gasteiger partial charge in [-0.15, -0.1) is 0 Å². The van der Waals surface area contributed by atoms with E-state index in [1.54, 1.807) is 0 Å². The summed E-state index contributed by atoms with van der Waals surface area (Å²) < 4.78 is 0. The van der Waals surface area contributed by atoms with Gasteiger partial charge in [0, 0.05) is 18.8 Å². The van der Waals surface area contributed by atoms with E-state index in [1.165, 1.54) is 42.7 Å². The van der Waals surface area contributed by atoms with Crippen molar-refractivity contribution in [2.45, 2.75) is 40.0 Å². The second-order valence-corrected chi connectivity index (χ2v) is 6.24. The van der Waals surface area contributed by atoms with Gasteiger partial charge in [-0.25, -0.2) is 0 Å². The lowest BCUT2D eigenvalue weighted by atomic mass is 9.86. The van der Waals surface area contributed by atoms with Crippen LogP contribution in [0.4, 0.5) is 5.69 Å². The molecule has 0 unspecified atom stereocenters. The molecule has 2 rings (SSSR count). The van der Waals surface area contributed by atoms with Crippen LogP contribution in [0.25, 0.3) is 0 Å². The van der Waals surface area contributed by atoms with Gasteiger partial charge in [0.15, 0.2) is 0 Å². The first-order valence-corrected chi connectivity index (χ1v) is 7.66. The molecule has 1 aliphatic heterocycles. The molecule has 2 N–H and O–H groups in total. The largest absolute Gasteiger partial charge is 0.371 e. The smallest absolute Gasteiger partial charge is 0.0399 e. The molecule has 1 aliphatic rings. The van der Waals surface area contributed by atoms with E-state index in [9.17, 15) is 0 Å². The van der Waals surface area contributed by atoms with Gasteiger partial charge >= 0.3 is 0 Å². The van der Waals surface area contributed by atoms with Gasteiger partial charge in [-0.3, -0.25) is 0 Å². The van der Waals surface area contributed by atoms with Gasteiger partial charge in [0.05, 0.1) is 0 Å². The molecule has 1 heterocycles. The number of anilines is 1. The summed E-state index contributed by atoms with van der Waals surface area (Å²) >= 11 is 0. The van der Waals surface area contributed by atoms with Crippen LogP contribution < -0.4 is 10.6 Å². The minimum absolute atomic E-state index is 0.735. The predicted molar refractivity (Wildman–Crippen MR) is 83.7 cm³/mol. The standard InChI is InChI=1S/C17H28N2/c1-13(2)15-7-10-19(11-8-15)17-5-4-14(3)12-16(17)6-9-18/h4-5,12-13,15H,6-11,18H2,1-3H3. The van der Waals surface area contributed by atoms with E-state index in [0.29, 0.717) is 0 Å². The van der Waals surface area contributed by atoms with Gasteiger partial charge in [0.25, 0.3) is 0 Å². The molecule has 0 atom stereocenters. The highest BCUT2D eigenvalue weighted by Crippen LogP contribution is 2.30. The number of piperidine rings is 1. The van der Waals surface area contributed by atoms with Crippen molar-refractivity contribution in [3.63, 3.8) is 0 Å². The fourth-order valence-electron chi connectivity index (χ4n) is 3.19. The maximum atomic E-state index is 5.75. The summed E-state index contributed by atoms with van der Waals surface area (Å²) in [5, 5.41) is 0. The first-order chi connectivity index (χ1) is 9.11. The van der Waals surface area contributed by atoms with Crippen LogP contribution in [-0.4, -0.2) is 19.6 Å². The zero-order valence-corrected chi connectivity index (χ0v) is 12.7. The van der Waals surface area contributed by atoms with Crippen molar-refractivity contribution in [1.29, 1.82) is 0 Å². The molecule has 1 aromatic rings. The van der Waals surface area contributed by atoms with Crippen molar-refractivity contribution >= 4 is 5.69 Å². The fourth-order valence-corrected chi connectivity index (χ4v) is 3.19. The van der Waals surface area contributed by atoms with E-state index >= 15 is 0 Å². The molecule has 2 heteroatoms. The lowest BCUT2D eigenvalue weighted by Gasteiger charge is -2.36. The van der Waals surface area contributed by atoms with Crippen molar-refractivity contribution in [2.75, 3.05) is 24.5 Å². The van der Waals surface area contributed by atoms with Gasteiger partial charge < -0.3 is 10.6 Å². The number of nitrogens with two attached hydrogens (primary N) is 1. The molecule has 2 nitrogen and oxygen atoms in total. The second-order valence-electron chi connectivity index (χ2n) is 6.24. The maximum absolute atomic E-state index is 5.75. The number of hydrogen-bond donors (Lipinski definition) is 1. The minimum atomic E-state index is 0.735. The predicted octanol–water partition coefficient (Wildman–Crippen LogP) is 3.37. The summed E-state index contributed by atoms with van der Waals surface area (Å²) in [7, 11) is 0. The zero-order chi connectivity index (χ0) is 13.8. The Hall–Kier alpha value is -1.02. The number of benzene rings is 1. The Bertz CT molecular complexity index is 404. The van der Waals surface area contributed by atoms with Crippen LogP contribution >= 0.6 is 0 Å². The number of hydrogen-bond acceptors (Lipinski definition) is 2. The van der Waals surface area contributed by atoms with E-state index in [0.717, 1.165) is 24.8 Å². The van der Waals surface area contributed by atoms with Crippen LogP contribution in [0.3, 0.4) is 0 Å². The Morgan fingerprint density at radius 3 is 2.53 bits per heavy atom. The highest BCUT2D eigenvalue weighted by molar-refractivity contribution is 5.55. The highest BCUT2D eigenvalue weighted by atomic mass is 15.1. The van der Waals surface area contributed by atoms with Gasteiger partial charge in [-0.05, 0) is 56.2 Å². The topological polar surface area (TPSA) is 29.3 Å². The molecule has 1 aromatic carbocycles. The number of rotatable bonds is 4. The molecular formula is C17H28N2. The molecule has 0 radical (unpaired) electrons. The number of nitrogens with zero attached hydrogens (tertiary/aromatic N) is 1. The molecule has 1 saturated heterocycles. The SMILES string of the molecule is Cc1ccc(N2CCC(C(C)C)CC2)c(CCN)c1. The minimum Gasteiger partial charge on any atom is -0.371 e. The molecule has 0 bridgehead atoms. The van der Waals surface area contributed by atoms with Crippen LogP contribution in [-0.2, 0) is 6.42 Å². The average Bonchev–Trinajstić information content (AvgIpc) is 2.39. The third-order valence-electron chi connectivity index (χ3n) is 4.47. The zero-order valence-electron chi connectivity index (χ0n) is 12.7. The van der Waals surface area contributed by atoms with E-state index in [2.05, 4.69) is 43.9 Å². The second kappa shape index (κ2) is 6.42. The third-order valence-corrected chi connectivity index (χ3v) is 4.47. The summed E-state index contributed by atoms with van der Waals surface area (Å²) in [5.41, 5.74) is 9.93. The molecule has 106 valence electrons. The molecule has 0 spiro atoms. The summed E-state index contributed by atoms with van der Waals surface area (Å²) in [5.74, 6) is 1.73. The van der Waals surface area contributed by atoms with Crippen LogP contribution in [0.2, 0.25) is 0 Å². The van der Waals surface area contributed by atoms with Crippen molar-refractivity contribution in [3.05, 3.63) is 29.3 Å². The van der Waals surface area contributed by atoms with Crippen LogP contribution in [0, 0.1) is 18.8 Å². The van der Waals surface area contributed by atoms with Crippen molar-refractivity contribution in [2.24, 2.45) is 17.6 Å². The van der Waals surface area contributed by atoms with E-state index < -0.39 is 0 Å². The summed E-state index contributed by atoms with van der Waals surface area (Å²) in [6, 6.07) is 6.82. The van der Waals surface area contributed by atoms with Crippen molar-refractivity contribution in [3.8, 4) is 0 Å². The molecule has 0 saturated carbocycles. The molecule has 0 amide bonds. The molecular weight excluding hydrogens is 232 g/mol. The molecule has 19 heavy (non-hydrogen) atoms. The molecule has 1 fully saturated rings. The van der Waals surface area contributed by atoms with Crippen LogP contribution in [0.1, 0.15) is 37.8 Å². The lowest BCUT2D eigenvalue weighted by Crippen LogP contribution is -2.35.